The predicted octanol–water partition coefficient (Wildman–Crippen LogP) is 3.05. The van der Waals surface area contributed by atoms with Gasteiger partial charge in [-0.3, -0.25) is 14.5 Å². The third kappa shape index (κ3) is 6.52. The summed E-state index contributed by atoms with van der Waals surface area (Å²) in [7, 11) is 2.12. The van der Waals surface area contributed by atoms with E-state index in [1.807, 2.05) is 18.2 Å². The van der Waals surface area contributed by atoms with Crippen LogP contribution in [0.3, 0.4) is 0 Å². The van der Waals surface area contributed by atoms with Crippen molar-refractivity contribution in [3.63, 3.8) is 0 Å². The number of carbonyl (C=O) groups is 2. The molecule has 0 aromatic heterocycles. The van der Waals surface area contributed by atoms with Crippen LogP contribution >= 0.6 is 0 Å². The van der Waals surface area contributed by atoms with Crippen molar-refractivity contribution in [3.8, 4) is 11.5 Å². The van der Waals surface area contributed by atoms with E-state index >= 15 is 0 Å². The van der Waals surface area contributed by atoms with E-state index in [-0.39, 0.29) is 40.3 Å². The average molecular weight is 666 g/mol. The molecule has 236 valence electrons. The molecule has 3 atom stereocenters. The lowest BCUT2D eigenvalue weighted by Gasteiger charge is -2.34. The predicted molar refractivity (Wildman–Crippen MR) is 167 cm³/mol. The molecular weight excluding hydrogens is 620 g/mol. The molecule has 3 heterocycles. The molecule has 2 aromatic rings. The Balaban J connectivity index is 0.00000384. The van der Waals surface area contributed by atoms with E-state index in [2.05, 4.69) is 36.0 Å². The summed E-state index contributed by atoms with van der Waals surface area (Å²) < 4.78 is 15.1. The molecule has 0 radical (unpaired) electrons. The quantitative estimate of drug-likeness (QED) is 0.145. The van der Waals surface area contributed by atoms with Crippen LogP contribution < -0.4 is 26.5 Å². The Morgan fingerprint density at radius 3 is 2.25 bits per heavy atom. The number of hydrogen-bond acceptors (Lipinski definition) is 5. The number of amides is 2. The maximum absolute atomic E-state index is 12.5. The van der Waals surface area contributed by atoms with Crippen molar-refractivity contribution in [1.82, 2.24) is 4.90 Å². The van der Waals surface area contributed by atoms with Crippen LogP contribution in [-0.2, 0) is 5.41 Å². The van der Waals surface area contributed by atoms with Crippen LogP contribution in [0.2, 0.25) is 0 Å². The first-order valence-corrected chi connectivity index (χ1v) is 16.3. The second-order valence-electron chi connectivity index (χ2n) is 12.7. The molecule has 7 nitrogen and oxygen atoms in total. The number of benzene rings is 2. The normalized spacial score (nSPS) is 22.9. The molecular formula is C36H45BrN2O5. The molecule has 3 aliphatic heterocycles. The third-order valence-corrected chi connectivity index (χ3v) is 9.67. The molecule has 0 bridgehead atoms. The third-order valence-electron chi connectivity index (χ3n) is 9.67. The number of rotatable bonds is 14. The van der Waals surface area contributed by atoms with Crippen molar-refractivity contribution in [1.29, 1.82) is 0 Å². The van der Waals surface area contributed by atoms with Crippen molar-refractivity contribution >= 4 is 18.0 Å². The van der Waals surface area contributed by atoms with Crippen LogP contribution in [0.5, 0.6) is 11.5 Å². The molecule has 44 heavy (non-hydrogen) atoms. The van der Waals surface area contributed by atoms with Gasteiger partial charge in [0.15, 0.2) is 17.7 Å². The summed E-state index contributed by atoms with van der Waals surface area (Å²) in [5, 5.41) is 10.3. The molecule has 4 aliphatic rings. The van der Waals surface area contributed by atoms with Crippen LogP contribution in [0.4, 0.5) is 0 Å². The smallest absolute Gasteiger partial charge is 0.261 e. The second-order valence-corrected chi connectivity index (χ2v) is 12.7. The van der Waals surface area contributed by atoms with Gasteiger partial charge >= 0.3 is 0 Å². The lowest BCUT2D eigenvalue weighted by Crippen LogP contribution is -3.00. The van der Waals surface area contributed by atoms with Crippen molar-refractivity contribution in [2.75, 3.05) is 26.7 Å². The molecule has 0 saturated carbocycles. The van der Waals surface area contributed by atoms with E-state index in [4.69, 9.17) is 9.47 Å². The van der Waals surface area contributed by atoms with Crippen molar-refractivity contribution in [3.05, 3.63) is 70.8 Å². The Morgan fingerprint density at radius 2 is 1.57 bits per heavy atom. The van der Waals surface area contributed by atoms with E-state index in [0.29, 0.717) is 30.7 Å². The topological polar surface area (TPSA) is 79.1 Å². The maximum Gasteiger partial charge on any atom is 0.261 e. The molecule has 0 saturated heterocycles. The number of aliphatic hydroxyl groups excluding tert-OH is 1. The first kappa shape index (κ1) is 32.4. The first-order chi connectivity index (χ1) is 21.0. The minimum atomic E-state index is -0.458. The van der Waals surface area contributed by atoms with Gasteiger partial charge in [0.25, 0.3) is 11.8 Å². The number of aliphatic hydroxyl groups is 1. The van der Waals surface area contributed by atoms with E-state index in [1.165, 1.54) is 48.1 Å². The van der Waals surface area contributed by atoms with Crippen molar-refractivity contribution in [2.45, 2.75) is 94.7 Å². The SMILES string of the molecule is C[N+]1=Cc2ccc(OCCCCCCCCCCCCN3C(=O)c4ccccc4C3=O)c3c2[C@@]2(C=C[C@H](O)C[C@@H]2O3)CC1.[Br-]. The zero-order chi connectivity index (χ0) is 29.8. The van der Waals surface area contributed by atoms with E-state index in [0.717, 1.165) is 56.6 Å². The lowest BCUT2D eigenvalue weighted by atomic mass is 9.69. The molecule has 0 unspecified atom stereocenters. The number of carbonyl (C=O) groups excluding carboxylic acids is 2. The maximum atomic E-state index is 12.5. The van der Waals surface area contributed by atoms with Gasteiger partial charge in [-0.15, -0.1) is 0 Å². The highest BCUT2D eigenvalue weighted by molar-refractivity contribution is 6.21. The van der Waals surface area contributed by atoms with Crippen molar-refractivity contribution < 1.29 is 45.7 Å². The van der Waals surface area contributed by atoms with Gasteiger partial charge in [0.1, 0.15) is 19.7 Å². The van der Waals surface area contributed by atoms with Gasteiger partial charge < -0.3 is 31.6 Å². The average Bonchev–Trinajstić information content (AvgIpc) is 3.41. The number of imide groups is 1. The summed E-state index contributed by atoms with van der Waals surface area (Å²) in [5.41, 5.74) is 3.30. The summed E-state index contributed by atoms with van der Waals surface area (Å²) in [5.74, 6) is 1.41. The van der Waals surface area contributed by atoms with Crippen LogP contribution in [0.25, 0.3) is 0 Å². The van der Waals surface area contributed by atoms with Gasteiger partial charge in [-0.05, 0) is 37.1 Å². The van der Waals surface area contributed by atoms with Gasteiger partial charge in [-0.2, -0.15) is 0 Å². The van der Waals surface area contributed by atoms with E-state index in [9.17, 15) is 14.7 Å². The van der Waals surface area contributed by atoms with Gasteiger partial charge in [0, 0.05) is 30.5 Å². The summed E-state index contributed by atoms with van der Waals surface area (Å²) in [6.45, 7) is 2.15. The van der Waals surface area contributed by atoms with E-state index < -0.39 is 6.10 Å². The standard InChI is InChI=1S/C36H45N2O5.BrH/c1-37-22-20-36-19-18-27(39)24-31(36)43-33-30(17-16-26(25-37)32(33)36)42-23-13-9-7-5-3-2-4-6-8-12-21-38-34(40)28-14-10-11-15-29(28)35(38)41;/h10-11,14-19,25,27,31,39H,2-9,12-13,20-24H2,1H3;1H/q+1;/p-1/t27-,31-,36-;/m0./s1. The van der Waals surface area contributed by atoms with Gasteiger partial charge in [-0.1, -0.05) is 75.7 Å². The zero-order valence-corrected chi connectivity index (χ0v) is 27.4. The fourth-order valence-electron chi connectivity index (χ4n) is 7.28. The number of unbranched alkanes of at least 4 members (excludes halogenated alkanes) is 9. The van der Waals surface area contributed by atoms with Crippen LogP contribution in [0.15, 0.2) is 48.6 Å². The zero-order valence-electron chi connectivity index (χ0n) is 25.8. The van der Waals surface area contributed by atoms with Crippen LogP contribution in [0.1, 0.15) is 109 Å². The van der Waals surface area contributed by atoms with Crippen LogP contribution in [-0.4, -0.2) is 71.6 Å². The molecule has 1 aliphatic carbocycles. The van der Waals surface area contributed by atoms with Gasteiger partial charge in [0.05, 0.1) is 29.3 Å². The summed E-state index contributed by atoms with van der Waals surface area (Å²) in [6, 6.07) is 11.3. The molecule has 0 fully saturated rings. The fraction of sp³-hybridized carbons (Fsp3) is 0.528. The van der Waals surface area contributed by atoms with Crippen molar-refractivity contribution in [2.24, 2.45) is 0 Å². The Hall–Kier alpha value is -2.97. The number of hydrogen-bond donors (Lipinski definition) is 1. The molecule has 2 aromatic carbocycles. The highest BCUT2D eigenvalue weighted by atomic mass is 79.9. The number of halogens is 1. The van der Waals surface area contributed by atoms with Gasteiger partial charge in [-0.25, -0.2) is 4.58 Å². The molecule has 8 heteroatoms. The van der Waals surface area contributed by atoms with Crippen LogP contribution in [0, 0.1) is 0 Å². The largest absolute Gasteiger partial charge is 1.00 e. The Kier molecular flexibility index (Phi) is 10.6. The Morgan fingerprint density at radius 1 is 0.932 bits per heavy atom. The Bertz CT molecular complexity index is 1390. The second kappa shape index (κ2) is 14.4. The summed E-state index contributed by atoms with van der Waals surface area (Å²) in [6.07, 6.45) is 18.8. The minimum absolute atomic E-state index is 0. The highest BCUT2D eigenvalue weighted by Gasteiger charge is 2.53. The highest BCUT2D eigenvalue weighted by Crippen LogP contribution is 2.54. The molecule has 1 spiro atoms. The number of ether oxygens (including phenoxy) is 2. The summed E-state index contributed by atoms with van der Waals surface area (Å²) in [4.78, 5) is 26.3. The minimum Gasteiger partial charge on any atom is -1.00 e. The first-order valence-electron chi connectivity index (χ1n) is 16.3. The Labute approximate surface area is 271 Å². The number of nitrogens with zero attached hydrogens (tertiary/aromatic N) is 2. The monoisotopic (exact) mass is 664 g/mol. The summed E-state index contributed by atoms with van der Waals surface area (Å²) >= 11 is 0. The molecule has 2 amide bonds. The lowest BCUT2D eigenvalue weighted by molar-refractivity contribution is -0.493. The number of fused-ring (bicyclic) bond motifs is 1. The van der Waals surface area contributed by atoms with Gasteiger partial charge in [0.2, 0.25) is 0 Å². The fourth-order valence-corrected chi connectivity index (χ4v) is 7.28. The molecule has 1 N–H and O–H groups in total. The van der Waals surface area contributed by atoms with E-state index in [1.54, 1.807) is 12.1 Å². The molecule has 6 rings (SSSR count).